The summed E-state index contributed by atoms with van der Waals surface area (Å²) >= 11 is 3.43. The van der Waals surface area contributed by atoms with Crippen LogP contribution in [0, 0.1) is 0 Å². The van der Waals surface area contributed by atoms with Crippen molar-refractivity contribution in [2.24, 2.45) is 0 Å². The van der Waals surface area contributed by atoms with E-state index in [1.807, 2.05) is 0 Å². The molecule has 0 aromatic heterocycles. The monoisotopic (exact) mass is 534 g/mol. The second-order valence-corrected chi connectivity index (χ2v) is 5.52. The summed E-state index contributed by atoms with van der Waals surface area (Å²) in [4.78, 5) is 0. The molecule has 0 aliphatic carbocycles. The lowest BCUT2D eigenvalue weighted by Crippen LogP contribution is -2.69. The Bertz CT molecular complexity index is 630. The third-order valence-corrected chi connectivity index (χ3v) is 3.01. The molecule has 3 nitrogen and oxygen atoms in total. The molecule has 0 spiro atoms. The van der Waals surface area contributed by atoms with Crippen molar-refractivity contribution in [2.75, 3.05) is 0 Å². The number of alkyl halides is 19. The number of ether oxygens (including phenoxy) is 2. The average molecular weight is 535 g/mol. The molecule has 22 heteroatoms. The lowest BCUT2D eigenvalue weighted by molar-refractivity contribution is -0.563. The summed E-state index contributed by atoms with van der Waals surface area (Å²) in [5.41, 5.74) is 0. The van der Waals surface area contributed by atoms with Gasteiger partial charge in [0.25, 0.3) is 0 Å². The van der Waals surface area contributed by atoms with Gasteiger partial charge in [-0.05, 0) is 11.6 Å². The van der Waals surface area contributed by atoms with Gasteiger partial charge >= 0.3 is 53.7 Å². The standard InChI is InChI=1S/C9HClF18O3/c10-4(14,15)2(12,6(19,20)21)30-9(27,28)3(13,7(22,23)24)31-8(25,26)1(11,29)5(16,17)18/h29H. The van der Waals surface area contributed by atoms with E-state index in [2.05, 4.69) is 11.6 Å². The van der Waals surface area contributed by atoms with E-state index in [0.717, 1.165) is 0 Å². The fraction of sp³-hybridized carbons (Fsp3) is 1.00. The van der Waals surface area contributed by atoms with E-state index in [1.165, 1.54) is 9.47 Å². The van der Waals surface area contributed by atoms with Gasteiger partial charge in [-0.25, -0.2) is 0 Å². The zero-order chi connectivity index (χ0) is 25.9. The van der Waals surface area contributed by atoms with Gasteiger partial charge in [0.2, 0.25) is 0 Å². The van der Waals surface area contributed by atoms with Gasteiger partial charge in [-0.1, -0.05) is 0 Å². The molecule has 0 fully saturated rings. The summed E-state index contributed by atoms with van der Waals surface area (Å²) < 4.78 is 230. The van der Waals surface area contributed by atoms with Crippen LogP contribution in [-0.4, -0.2) is 58.8 Å². The third kappa shape index (κ3) is 4.97. The van der Waals surface area contributed by atoms with Gasteiger partial charge in [0, 0.05) is 0 Å². The summed E-state index contributed by atoms with van der Waals surface area (Å²) in [6.45, 7) is 0. The van der Waals surface area contributed by atoms with E-state index >= 15 is 0 Å². The van der Waals surface area contributed by atoms with Crippen molar-refractivity contribution < 1.29 is 93.6 Å². The summed E-state index contributed by atoms with van der Waals surface area (Å²) in [6, 6.07) is 0. The van der Waals surface area contributed by atoms with Crippen molar-refractivity contribution in [3.63, 3.8) is 0 Å². The molecule has 0 saturated heterocycles. The SMILES string of the molecule is OC(F)(C(F)(F)F)C(F)(F)OC(F)(C(F)(F)F)C(F)(F)OC(F)(C(F)(F)F)C(F)(F)Cl. The van der Waals surface area contributed by atoms with Crippen LogP contribution in [0.3, 0.4) is 0 Å². The van der Waals surface area contributed by atoms with Gasteiger partial charge in [-0.3, -0.25) is 9.47 Å². The van der Waals surface area contributed by atoms with E-state index in [9.17, 15) is 79.0 Å². The van der Waals surface area contributed by atoms with Gasteiger partial charge in [0.05, 0.1) is 0 Å². The van der Waals surface area contributed by atoms with Crippen molar-refractivity contribution in [2.45, 2.75) is 53.7 Å². The lowest BCUT2D eigenvalue weighted by Gasteiger charge is -2.41. The normalized spacial score (nSPS) is 21.3. The Labute approximate surface area is 160 Å². The highest BCUT2D eigenvalue weighted by Crippen LogP contribution is 2.58. The summed E-state index contributed by atoms with van der Waals surface area (Å²) in [5.74, 6) is -23.1. The van der Waals surface area contributed by atoms with E-state index in [1.54, 1.807) is 0 Å². The van der Waals surface area contributed by atoms with Crippen LogP contribution in [0.2, 0.25) is 0 Å². The molecule has 0 amide bonds. The van der Waals surface area contributed by atoms with Gasteiger partial charge in [-0.15, -0.1) is 0 Å². The molecule has 0 aromatic carbocycles. The predicted octanol–water partition coefficient (Wildman–Crippen LogP) is 5.71. The minimum atomic E-state index is -8.15. The highest BCUT2D eigenvalue weighted by molar-refractivity contribution is 6.22. The van der Waals surface area contributed by atoms with Crippen molar-refractivity contribution in [3.8, 4) is 0 Å². The Balaban J connectivity index is 6.73. The van der Waals surface area contributed by atoms with Gasteiger partial charge in [0.15, 0.2) is 0 Å². The largest absolute Gasteiger partial charge is 0.458 e. The molecule has 1 N–H and O–H groups in total. The molecule has 0 bridgehead atoms. The van der Waals surface area contributed by atoms with E-state index in [0.29, 0.717) is 0 Å². The number of hydrogen-bond donors (Lipinski definition) is 1. The van der Waals surface area contributed by atoms with E-state index in [-0.39, 0.29) is 0 Å². The molecule has 0 heterocycles. The summed E-state index contributed by atoms with van der Waals surface area (Å²) in [6.07, 6.45) is -39.0. The molecular weight excluding hydrogens is 534 g/mol. The van der Waals surface area contributed by atoms with Crippen molar-refractivity contribution in [1.29, 1.82) is 0 Å². The Morgan fingerprint density at radius 2 is 0.742 bits per heavy atom. The first-order valence-corrected chi connectivity index (χ1v) is 6.51. The summed E-state index contributed by atoms with van der Waals surface area (Å²) in [7, 11) is 0. The minimum absolute atomic E-state index is 1.25. The predicted molar refractivity (Wildman–Crippen MR) is 54.8 cm³/mol. The molecule has 0 aliphatic rings. The Hall–Kier alpha value is -1.09. The maximum absolute atomic E-state index is 13.6. The fourth-order valence-electron chi connectivity index (χ4n) is 1.21. The number of halogens is 19. The first kappa shape index (κ1) is 29.9. The second-order valence-electron chi connectivity index (χ2n) is 5.04. The summed E-state index contributed by atoms with van der Waals surface area (Å²) in [5, 5.41) is 1.02. The zero-order valence-corrected chi connectivity index (χ0v) is 13.7. The Kier molecular flexibility index (Phi) is 7.21. The fourth-order valence-corrected chi connectivity index (χ4v) is 1.36. The van der Waals surface area contributed by atoms with Crippen LogP contribution in [0.15, 0.2) is 0 Å². The van der Waals surface area contributed by atoms with Crippen LogP contribution in [0.25, 0.3) is 0 Å². The van der Waals surface area contributed by atoms with Crippen molar-refractivity contribution in [3.05, 3.63) is 0 Å². The quantitative estimate of drug-likeness (QED) is 0.336. The van der Waals surface area contributed by atoms with Crippen molar-refractivity contribution in [1.82, 2.24) is 0 Å². The molecular formula is C9HClF18O3. The van der Waals surface area contributed by atoms with Crippen LogP contribution in [0.5, 0.6) is 0 Å². The van der Waals surface area contributed by atoms with Crippen LogP contribution >= 0.6 is 11.6 Å². The molecule has 3 unspecified atom stereocenters. The average Bonchev–Trinajstić information content (AvgIpc) is 2.40. The number of aliphatic hydroxyl groups is 1. The highest BCUT2D eigenvalue weighted by Gasteiger charge is 2.86. The maximum Gasteiger partial charge on any atom is 0.458 e. The van der Waals surface area contributed by atoms with Crippen LogP contribution in [0.4, 0.5) is 79.0 Å². The molecule has 0 aromatic rings. The number of hydrogen-bond acceptors (Lipinski definition) is 3. The van der Waals surface area contributed by atoms with E-state index < -0.39 is 53.7 Å². The minimum Gasteiger partial charge on any atom is -0.348 e. The maximum atomic E-state index is 13.6. The van der Waals surface area contributed by atoms with E-state index in [4.69, 9.17) is 5.11 Å². The second kappa shape index (κ2) is 7.47. The number of rotatable bonds is 7. The Morgan fingerprint density at radius 3 is 0.968 bits per heavy atom. The molecule has 0 radical (unpaired) electrons. The molecule has 0 rings (SSSR count). The highest BCUT2D eigenvalue weighted by atomic mass is 35.5. The first-order valence-electron chi connectivity index (χ1n) is 6.13. The van der Waals surface area contributed by atoms with Crippen molar-refractivity contribution >= 4 is 11.6 Å². The molecule has 31 heavy (non-hydrogen) atoms. The molecule has 0 aliphatic heterocycles. The third-order valence-electron chi connectivity index (χ3n) is 2.77. The zero-order valence-electron chi connectivity index (χ0n) is 12.9. The van der Waals surface area contributed by atoms with Gasteiger partial charge < -0.3 is 5.11 Å². The smallest absolute Gasteiger partial charge is 0.348 e. The molecule has 0 saturated carbocycles. The first-order chi connectivity index (χ1) is 12.9. The molecule has 3 atom stereocenters. The lowest BCUT2D eigenvalue weighted by atomic mass is 10.2. The van der Waals surface area contributed by atoms with Gasteiger partial charge in [0.1, 0.15) is 0 Å². The van der Waals surface area contributed by atoms with Gasteiger partial charge in [-0.2, -0.15) is 79.0 Å². The Morgan fingerprint density at radius 1 is 0.452 bits per heavy atom. The molecule has 188 valence electrons. The van der Waals surface area contributed by atoms with Crippen LogP contribution in [0.1, 0.15) is 0 Å². The van der Waals surface area contributed by atoms with Crippen LogP contribution < -0.4 is 0 Å². The topological polar surface area (TPSA) is 38.7 Å². The van der Waals surface area contributed by atoms with Crippen LogP contribution in [-0.2, 0) is 9.47 Å².